The Morgan fingerprint density at radius 3 is 2.65 bits per heavy atom. The zero-order valence-electron chi connectivity index (χ0n) is 12.9. The molecule has 23 heavy (non-hydrogen) atoms. The first kappa shape index (κ1) is 14.8. The van der Waals surface area contributed by atoms with Crippen LogP contribution >= 0.6 is 0 Å². The molecule has 2 aromatic carbocycles. The average molecular weight is 308 g/mol. The zero-order valence-corrected chi connectivity index (χ0v) is 12.9. The second kappa shape index (κ2) is 6.31. The molecule has 0 fully saturated rings. The Morgan fingerprint density at radius 1 is 1.17 bits per heavy atom. The van der Waals surface area contributed by atoms with Crippen molar-refractivity contribution in [1.29, 1.82) is 0 Å². The molecule has 1 N–H and O–H groups in total. The molecule has 0 saturated carbocycles. The minimum atomic E-state index is -0.503. The molecule has 3 rings (SSSR count). The maximum atomic E-state index is 11.7. The number of anilines is 1. The molecule has 0 amide bonds. The van der Waals surface area contributed by atoms with Gasteiger partial charge in [-0.3, -0.25) is 5.43 Å². The van der Waals surface area contributed by atoms with E-state index in [-0.39, 0.29) is 0 Å². The van der Waals surface area contributed by atoms with Gasteiger partial charge in [0.25, 0.3) is 0 Å². The number of hydrazone groups is 1. The highest BCUT2D eigenvalue weighted by atomic mass is 16.4. The van der Waals surface area contributed by atoms with E-state index < -0.39 is 5.76 Å². The van der Waals surface area contributed by atoms with Crippen molar-refractivity contribution < 1.29 is 4.42 Å². The van der Waals surface area contributed by atoms with Crippen LogP contribution in [0.1, 0.15) is 18.4 Å². The van der Waals surface area contributed by atoms with Gasteiger partial charge in [0, 0.05) is 6.92 Å². The largest absolute Gasteiger partial charge is 0.441 e. The smallest absolute Gasteiger partial charge is 0.392 e. The maximum absolute atomic E-state index is 11.7. The van der Waals surface area contributed by atoms with Crippen molar-refractivity contribution in [1.82, 2.24) is 9.78 Å². The third kappa shape index (κ3) is 3.37. The van der Waals surface area contributed by atoms with Crippen LogP contribution in [0.4, 0.5) is 5.69 Å². The first-order chi connectivity index (χ1) is 11.1. The van der Waals surface area contributed by atoms with Crippen LogP contribution in [0.3, 0.4) is 0 Å². The van der Waals surface area contributed by atoms with E-state index >= 15 is 0 Å². The number of nitrogens with one attached hydrogen (secondary N) is 1. The van der Waals surface area contributed by atoms with Crippen LogP contribution in [0.2, 0.25) is 0 Å². The van der Waals surface area contributed by atoms with Crippen molar-refractivity contribution in [3.8, 4) is 5.69 Å². The Kier molecular flexibility index (Phi) is 4.05. The lowest BCUT2D eigenvalue weighted by atomic mass is 10.1. The number of benzene rings is 2. The average Bonchev–Trinajstić information content (AvgIpc) is 2.92. The summed E-state index contributed by atoms with van der Waals surface area (Å²) < 4.78 is 6.16. The van der Waals surface area contributed by atoms with Crippen molar-refractivity contribution in [2.75, 3.05) is 5.43 Å². The highest BCUT2D eigenvalue weighted by Gasteiger charge is 2.08. The first-order valence-corrected chi connectivity index (χ1v) is 7.16. The van der Waals surface area contributed by atoms with E-state index in [0.29, 0.717) is 11.6 Å². The summed E-state index contributed by atoms with van der Waals surface area (Å²) in [6.07, 6.45) is 0. The minimum absolute atomic E-state index is 0.330. The molecule has 0 radical (unpaired) electrons. The summed E-state index contributed by atoms with van der Waals surface area (Å²) in [5.41, 5.74) is 6.23. The fraction of sp³-hybridized carbons (Fsp3) is 0.118. The van der Waals surface area contributed by atoms with Crippen LogP contribution in [0.25, 0.3) is 5.69 Å². The van der Waals surface area contributed by atoms with Crippen LogP contribution in [-0.2, 0) is 0 Å². The third-order valence-corrected chi connectivity index (χ3v) is 3.28. The van der Waals surface area contributed by atoms with Crippen LogP contribution < -0.4 is 11.2 Å². The van der Waals surface area contributed by atoms with Gasteiger partial charge < -0.3 is 4.42 Å². The normalized spacial score (nSPS) is 11.5. The van der Waals surface area contributed by atoms with E-state index in [1.807, 2.05) is 55.5 Å². The summed E-state index contributed by atoms with van der Waals surface area (Å²) >= 11 is 0. The van der Waals surface area contributed by atoms with Crippen molar-refractivity contribution in [3.05, 3.63) is 76.6 Å². The fourth-order valence-corrected chi connectivity index (χ4v) is 2.12. The zero-order chi connectivity index (χ0) is 16.2. The molecule has 0 atom stereocenters. The Labute approximate surface area is 133 Å². The van der Waals surface area contributed by atoms with Gasteiger partial charge in [-0.05, 0) is 36.8 Å². The Balaban J connectivity index is 1.87. The van der Waals surface area contributed by atoms with Crippen molar-refractivity contribution in [2.45, 2.75) is 13.8 Å². The molecular weight excluding hydrogens is 292 g/mol. The molecule has 0 aliphatic heterocycles. The van der Waals surface area contributed by atoms with Crippen LogP contribution in [0.15, 0.2) is 68.9 Å². The van der Waals surface area contributed by atoms with E-state index in [4.69, 9.17) is 4.42 Å². The number of nitrogens with zero attached hydrogens (tertiary/aromatic N) is 3. The van der Waals surface area contributed by atoms with E-state index in [2.05, 4.69) is 15.6 Å². The van der Waals surface area contributed by atoms with Gasteiger partial charge in [0.05, 0.1) is 17.1 Å². The molecule has 0 saturated heterocycles. The first-order valence-electron chi connectivity index (χ1n) is 7.16. The van der Waals surface area contributed by atoms with E-state index in [0.717, 1.165) is 17.0 Å². The summed E-state index contributed by atoms with van der Waals surface area (Å²) in [5.74, 6) is -0.173. The second-order valence-corrected chi connectivity index (χ2v) is 5.02. The lowest BCUT2D eigenvalue weighted by Gasteiger charge is -2.05. The van der Waals surface area contributed by atoms with E-state index in [1.54, 1.807) is 13.0 Å². The van der Waals surface area contributed by atoms with Gasteiger partial charge in [-0.25, -0.2) is 4.79 Å². The molecule has 0 bridgehead atoms. The second-order valence-electron chi connectivity index (χ2n) is 5.02. The summed E-state index contributed by atoms with van der Waals surface area (Å²) in [5, 5.41) is 8.42. The summed E-state index contributed by atoms with van der Waals surface area (Å²) in [6, 6.07) is 17.1. The lowest BCUT2D eigenvalue weighted by molar-refractivity contribution is 0.477. The Morgan fingerprint density at radius 2 is 1.96 bits per heavy atom. The monoisotopic (exact) mass is 308 g/mol. The molecule has 0 spiro atoms. The number of aromatic nitrogens is 2. The number of aryl methyl sites for hydroxylation is 1. The molecule has 6 heteroatoms. The topological polar surface area (TPSA) is 72.4 Å². The van der Waals surface area contributed by atoms with Crippen LogP contribution in [0.5, 0.6) is 0 Å². The molecule has 0 aliphatic carbocycles. The lowest BCUT2D eigenvalue weighted by Crippen LogP contribution is -2.14. The molecule has 1 aromatic heterocycles. The summed E-state index contributed by atoms with van der Waals surface area (Å²) in [7, 11) is 0. The molecule has 3 aromatic rings. The number of para-hydroxylation sites is 1. The van der Waals surface area contributed by atoms with Gasteiger partial charge in [-0.15, -0.1) is 5.10 Å². The molecule has 0 aliphatic rings. The number of hydrogen-bond donors (Lipinski definition) is 1. The molecule has 1 heterocycles. The number of rotatable bonds is 4. The van der Waals surface area contributed by atoms with Crippen molar-refractivity contribution in [2.24, 2.45) is 5.10 Å². The SMILES string of the molecule is C/C(=N\Nc1ccccc1)c1cccc(-n2nc(C)oc2=O)c1. The predicted molar refractivity (Wildman–Crippen MR) is 89.1 cm³/mol. The standard InChI is InChI=1S/C17H16N4O2/c1-12(18-19-15-8-4-3-5-9-15)14-7-6-10-16(11-14)21-17(22)23-13(2)20-21/h3-11,19H,1-2H3/b18-12+. The third-order valence-electron chi connectivity index (χ3n) is 3.28. The van der Waals surface area contributed by atoms with E-state index in [9.17, 15) is 4.79 Å². The van der Waals surface area contributed by atoms with Gasteiger partial charge in [0.15, 0.2) is 0 Å². The predicted octanol–water partition coefficient (Wildman–Crippen LogP) is 2.97. The fourth-order valence-electron chi connectivity index (χ4n) is 2.12. The number of hydrogen-bond acceptors (Lipinski definition) is 5. The van der Waals surface area contributed by atoms with Gasteiger partial charge >= 0.3 is 5.76 Å². The summed E-state index contributed by atoms with van der Waals surface area (Å²) in [6.45, 7) is 3.53. The van der Waals surface area contributed by atoms with E-state index in [1.165, 1.54) is 4.68 Å². The minimum Gasteiger partial charge on any atom is -0.392 e. The highest BCUT2D eigenvalue weighted by molar-refractivity contribution is 5.99. The molecule has 0 unspecified atom stereocenters. The Hall–Kier alpha value is -3.15. The van der Waals surface area contributed by atoms with Crippen molar-refractivity contribution >= 4 is 11.4 Å². The van der Waals surface area contributed by atoms with Crippen molar-refractivity contribution in [3.63, 3.8) is 0 Å². The Bertz CT molecular complexity index is 894. The highest BCUT2D eigenvalue weighted by Crippen LogP contribution is 2.11. The van der Waals surface area contributed by atoms with Crippen LogP contribution in [-0.4, -0.2) is 15.5 Å². The van der Waals surface area contributed by atoms with Gasteiger partial charge in [0.2, 0.25) is 5.89 Å². The quantitative estimate of drug-likeness (QED) is 0.594. The van der Waals surface area contributed by atoms with Gasteiger partial charge in [0.1, 0.15) is 0 Å². The molecule has 6 nitrogen and oxygen atoms in total. The van der Waals surface area contributed by atoms with Crippen LogP contribution in [0, 0.1) is 6.92 Å². The maximum Gasteiger partial charge on any atom is 0.441 e. The van der Waals surface area contributed by atoms with Gasteiger partial charge in [-0.2, -0.15) is 9.78 Å². The van der Waals surface area contributed by atoms with Gasteiger partial charge in [-0.1, -0.05) is 30.3 Å². The molecular formula is C17H16N4O2. The summed E-state index contributed by atoms with van der Waals surface area (Å²) in [4.78, 5) is 11.7. The molecule has 116 valence electrons.